The molecule has 0 saturated heterocycles. The third-order valence-electron chi connectivity index (χ3n) is 4.51. The fourth-order valence-electron chi connectivity index (χ4n) is 2.90. The largest absolute Gasteiger partial charge is 0.469 e. The fourth-order valence-corrected chi connectivity index (χ4v) is 2.90. The number of ether oxygens (including phenoxy) is 1. The number of methoxy groups -OCH3 is 1. The summed E-state index contributed by atoms with van der Waals surface area (Å²) in [7, 11) is 3.06. The van der Waals surface area contributed by atoms with E-state index < -0.39 is 0 Å². The first-order chi connectivity index (χ1) is 12.9. The molecule has 27 heavy (non-hydrogen) atoms. The van der Waals surface area contributed by atoms with E-state index in [4.69, 9.17) is 10.00 Å². The molecule has 0 atom stereocenters. The normalized spacial score (nSPS) is 10.3. The summed E-state index contributed by atoms with van der Waals surface area (Å²) in [6.45, 7) is 4.28. The number of carbonyl (C=O) groups is 2. The molecule has 1 heterocycles. The minimum absolute atomic E-state index is 0.121. The number of nitrogens with zero attached hydrogens (tertiary/aromatic N) is 4. The van der Waals surface area contributed by atoms with Gasteiger partial charge in [0.05, 0.1) is 31.0 Å². The Labute approximate surface area is 159 Å². The van der Waals surface area contributed by atoms with Crippen molar-refractivity contribution in [3.8, 4) is 11.8 Å². The first-order valence-electron chi connectivity index (χ1n) is 8.73. The van der Waals surface area contributed by atoms with Crippen LogP contribution >= 0.6 is 0 Å². The first-order valence-corrected chi connectivity index (χ1v) is 8.73. The highest BCUT2D eigenvalue weighted by Gasteiger charge is 2.16. The highest BCUT2D eigenvalue weighted by Crippen LogP contribution is 2.20. The monoisotopic (exact) mass is 368 g/mol. The van der Waals surface area contributed by atoms with Crippen LogP contribution in [0.1, 0.15) is 40.2 Å². The lowest BCUT2D eigenvalue weighted by Gasteiger charge is -2.15. The molecule has 0 fully saturated rings. The summed E-state index contributed by atoms with van der Waals surface area (Å²) in [4.78, 5) is 25.3. The number of carbonyl (C=O) groups excluding carboxylic acids is 2. The lowest BCUT2D eigenvalue weighted by molar-refractivity contribution is -0.140. The summed E-state index contributed by atoms with van der Waals surface area (Å²) in [5.41, 5.74) is 4.26. The minimum Gasteiger partial charge on any atom is -0.469 e. The summed E-state index contributed by atoms with van der Waals surface area (Å²) in [5.74, 6) is -0.367. The molecule has 0 aliphatic rings. The topological polar surface area (TPSA) is 88.2 Å². The number of benzene rings is 1. The second-order valence-electron chi connectivity index (χ2n) is 6.32. The van der Waals surface area contributed by atoms with Crippen LogP contribution in [0.15, 0.2) is 24.3 Å². The molecule has 1 aromatic heterocycles. The maximum atomic E-state index is 12.4. The van der Waals surface area contributed by atoms with E-state index >= 15 is 0 Å². The lowest BCUT2D eigenvalue weighted by atomic mass is 10.1. The van der Waals surface area contributed by atoms with Crippen LogP contribution in [0.25, 0.3) is 5.69 Å². The Balaban J connectivity index is 2.19. The highest BCUT2D eigenvalue weighted by atomic mass is 16.5. The first kappa shape index (κ1) is 20.2. The van der Waals surface area contributed by atoms with E-state index in [0.29, 0.717) is 31.4 Å². The molecule has 0 aliphatic carbocycles. The van der Waals surface area contributed by atoms with Gasteiger partial charge in [-0.25, -0.2) is 4.68 Å². The van der Waals surface area contributed by atoms with Gasteiger partial charge in [0.2, 0.25) is 0 Å². The minimum atomic E-state index is -0.245. The van der Waals surface area contributed by atoms with Crippen molar-refractivity contribution in [2.75, 3.05) is 20.7 Å². The van der Waals surface area contributed by atoms with Crippen molar-refractivity contribution in [1.29, 1.82) is 5.26 Å². The van der Waals surface area contributed by atoms with Gasteiger partial charge in [0, 0.05) is 31.3 Å². The van der Waals surface area contributed by atoms with Crippen LogP contribution < -0.4 is 0 Å². The molecule has 0 radical (unpaired) electrons. The van der Waals surface area contributed by atoms with Crippen molar-refractivity contribution in [3.63, 3.8) is 0 Å². The summed E-state index contributed by atoms with van der Waals surface area (Å²) in [6, 6.07) is 9.23. The van der Waals surface area contributed by atoms with Gasteiger partial charge < -0.3 is 9.64 Å². The Morgan fingerprint density at radius 3 is 2.52 bits per heavy atom. The van der Waals surface area contributed by atoms with Crippen LogP contribution in [0, 0.1) is 25.2 Å². The van der Waals surface area contributed by atoms with Gasteiger partial charge in [-0.3, -0.25) is 9.59 Å². The number of esters is 1. The van der Waals surface area contributed by atoms with E-state index in [-0.39, 0.29) is 11.9 Å². The van der Waals surface area contributed by atoms with Crippen LogP contribution in [-0.4, -0.2) is 47.3 Å². The Bertz CT molecular complexity index is 863. The molecule has 7 heteroatoms. The van der Waals surface area contributed by atoms with Crippen molar-refractivity contribution in [2.24, 2.45) is 0 Å². The maximum Gasteiger partial charge on any atom is 0.305 e. The highest BCUT2D eigenvalue weighted by molar-refractivity contribution is 5.94. The molecule has 2 rings (SSSR count). The molecule has 0 bridgehead atoms. The summed E-state index contributed by atoms with van der Waals surface area (Å²) >= 11 is 0. The zero-order valence-corrected chi connectivity index (χ0v) is 16.2. The van der Waals surface area contributed by atoms with Gasteiger partial charge in [0.25, 0.3) is 5.91 Å². The fraction of sp³-hybridized carbons (Fsp3) is 0.400. The average molecular weight is 368 g/mol. The Morgan fingerprint density at radius 2 is 1.93 bits per heavy atom. The summed E-state index contributed by atoms with van der Waals surface area (Å²) in [6.07, 6.45) is 1.19. The zero-order chi connectivity index (χ0) is 20.0. The predicted octanol–water partition coefficient (Wildman–Crippen LogP) is 2.58. The molecule has 7 nitrogen and oxygen atoms in total. The molecule has 142 valence electrons. The van der Waals surface area contributed by atoms with Crippen molar-refractivity contribution < 1.29 is 14.3 Å². The van der Waals surface area contributed by atoms with Crippen LogP contribution in [0.5, 0.6) is 0 Å². The smallest absolute Gasteiger partial charge is 0.305 e. The number of hydrogen-bond donors (Lipinski definition) is 0. The van der Waals surface area contributed by atoms with Crippen molar-refractivity contribution in [1.82, 2.24) is 14.7 Å². The number of hydrogen-bond acceptors (Lipinski definition) is 5. The number of nitriles is 1. The van der Waals surface area contributed by atoms with Gasteiger partial charge in [-0.1, -0.05) is 0 Å². The Morgan fingerprint density at radius 1 is 1.26 bits per heavy atom. The van der Waals surface area contributed by atoms with Gasteiger partial charge in [-0.05, 0) is 50.1 Å². The van der Waals surface area contributed by atoms with Crippen molar-refractivity contribution in [2.45, 2.75) is 33.1 Å². The lowest BCUT2D eigenvalue weighted by Crippen LogP contribution is -2.27. The number of aromatic nitrogens is 2. The number of amides is 1. The molecule has 0 N–H and O–H groups in total. The van der Waals surface area contributed by atoms with E-state index in [2.05, 4.69) is 5.10 Å². The van der Waals surface area contributed by atoms with Gasteiger partial charge in [0.1, 0.15) is 0 Å². The van der Waals surface area contributed by atoms with E-state index in [9.17, 15) is 9.59 Å². The standard InChI is InChI=1S/C20H24N4O3/c1-14-18(10-11-19(25)27-4)15(2)24(22-14)17-8-6-16(7-9-17)20(26)23(3)13-5-12-21/h6-9H,5,10-11,13H2,1-4H3. The van der Waals surface area contributed by atoms with E-state index in [1.807, 2.05) is 36.7 Å². The quantitative estimate of drug-likeness (QED) is 0.701. The van der Waals surface area contributed by atoms with Crippen LogP contribution in [0.3, 0.4) is 0 Å². The van der Waals surface area contributed by atoms with Gasteiger partial charge in [-0.15, -0.1) is 0 Å². The Kier molecular flexibility index (Phi) is 6.72. The van der Waals surface area contributed by atoms with Crippen LogP contribution in [0.4, 0.5) is 0 Å². The summed E-state index contributed by atoms with van der Waals surface area (Å²) < 4.78 is 6.52. The molecular formula is C20H24N4O3. The zero-order valence-electron chi connectivity index (χ0n) is 16.2. The Hall–Kier alpha value is -3.14. The second kappa shape index (κ2) is 8.99. The van der Waals surface area contributed by atoms with Crippen molar-refractivity contribution >= 4 is 11.9 Å². The average Bonchev–Trinajstić information content (AvgIpc) is 2.97. The number of aryl methyl sites for hydroxylation is 1. The van der Waals surface area contributed by atoms with Crippen LogP contribution in [0.2, 0.25) is 0 Å². The second-order valence-corrected chi connectivity index (χ2v) is 6.32. The molecule has 0 spiro atoms. The maximum absolute atomic E-state index is 12.4. The molecule has 1 amide bonds. The third-order valence-corrected chi connectivity index (χ3v) is 4.51. The van der Waals surface area contributed by atoms with E-state index in [1.54, 1.807) is 19.2 Å². The third kappa shape index (κ3) is 4.73. The van der Waals surface area contributed by atoms with E-state index in [1.165, 1.54) is 12.0 Å². The van der Waals surface area contributed by atoms with Gasteiger partial charge in [0.15, 0.2) is 0 Å². The van der Waals surface area contributed by atoms with Gasteiger partial charge in [-0.2, -0.15) is 10.4 Å². The van der Waals surface area contributed by atoms with Gasteiger partial charge >= 0.3 is 5.97 Å². The van der Waals surface area contributed by atoms with Crippen molar-refractivity contribution in [3.05, 3.63) is 46.8 Å². The summed E-state index contributed by atoms with van der Waals surface area (Å²) in [5, 5.41) is 13.2. The predicted molar refractivity (Wildman–Crippen MR) is 101 cm³/mol. The molecular weight excluding hydrogens is 344 g/mol. The number of rotatable bonds is 7. The molecule has 0 unspecified atom stereocenters. The van der Waals surface area contributed by atoms with E-state index in [0.717, 1.165) is 22.6 Å². The molecule has 0 saturated carbocycles. The molecule has 1 aromatic carbocycles. The molecule has 2 aromatic rings. The molecule has 0 aliphatic heterocycles. The van der Waals surface area contributed by atoms with Crippen LogP contribution in [-0.2, 0) is 16.0 Å². The SMILES string of the molecule is COC(=O)CCc1c(C)nn(-c2ccc(C(=O)N(C)CCC#N)cc2)c1C.